The summed E-state index contributed by atoms with van der Waals surface area (Å²) in [5, 5.41) is 21.4. The Kier molecular flexibility index (Phi) is 6.54. The summed E-state index contributed by atoms with van der Waals surface area (Å²) in [6.07, 6.45) is 4.65. The number of hydrogen-bond acceptors (Lipinski definition) is 7. The van der Waals surface area contributed by atoms with Gasteiger partial charge < -0.3 is 10.4 Å². The van der Waals surface area contributed by atoms with Gasteiger partial charge in [-0.3, -0.25) is 9.82 Å². The molecule has 4 N–H and O–H groups in total. The van der Waals surface area contributed by atoms with E-state index in [1.165, 1.54) is 18.2 Å². The van der Waals surface area contributed by atoms with E-state index in [9.17, 15) is 13.5 Å². The summed E-state index contributed by atoms with van der Waals surface area (Å²) in [6.45, 7) is 0. The maximum atomic E-state index is 12.8. The number of aliphatic hydroxyl groups excluding tert-OH is 1. The molecule has 0 spiro atoms. The highest BCUT2D eigenvalue weighted by Gasteiger charge is 2.22. The molecule has 182 valence electrons. The maximum Gasteiger partial charge on any atom is 0.263 e. The lowest BCUT2D eigenvalue weighted by Crippen LogP contribution is -2.28. The molecule has 1 fully saturated rings. The molecule has 2 aromatic heterocycles. The number of aromatic nitrogens is 4. The summed E-state index contributed by atoms with van der Waals surface area (Å²) in [5.74, 6) is 1.13. The minimum atomic E-state index is -3.93. The molecule has 0 unspecified atom stereocenters. The van der Waals surface area contributed by atoms with Crippen LogP contribution in [0.2, 0.25) is 10.0 Å². The predicted molar refractivity (Wildman–Crippen MR) is 136 cm³/mol. The number of halogens is 2. The molecule has 1 aliphatic rings. The quantitative estimate of drug-likeness (QED) is 0.279. The Morgan fingerprint density at radius 2 is 1.74 bits per heavy atom. The second kappa shape index (κ2) is 9.62. The van der Waals surface area contributed by atoms with Gasteiger partial charge in [0.15, 0.2) is 11.5 Å². The van der Waals surface area contributed by atoms with Crippen LogP contribution in [0, 0.1) is 0 Å². The number of nitrogens with zero attached hydrogens (tertiary/aromatic N) is 3. The molecular formula is C23H22Cl2N6O3S. The zero-order chi connectivity index (χ0) is 24.6. The average Bonchev–Trinajstić information content (AvgIpc) is 3.31. The number of anilines is 2. The zero-order valence-electron chi connectivity index (χ0n) is 18.4. The van der Waals surface area contributed by atoms with E-state index in [0.29, 0.717) is 28.5 Å². The number of benzene rings is 2. The summed E-state index contributed by atoms with van der Waals surface area (Å²) < 4.78 is 28.1. The topological polar surface area (TPSA) is 133 Å². The molecule has 0 aliphatic heterocycles. The molecule has 0 saturated heterocycles. The van der Waals surface area contributed by atoms with Gasteiger partial charge in [0.2, 0.25) is 0 Å². The first-order chi connectivity index (χ1) is 16.8. The van der Waals surface area contributed by atoms with Crippen LogP contribution in [0.3, 0.4) is 0 Å². The third kappa shape index (κ3) is 5.20. The molecule has 4 aromatic rings. The van der Waals surface area contributed by atoms with Crippen molar-refractivity contribution < 1.29 is 13.5 Å². The summed E-state index contributed by atoms with van der Waals surface area (Å²) in [4.78, 5) is 9.18. The third-order valence-corrected chi connectivity index (χ3v) is 8.02. The molecule has 0 atom stereocenters. The Balaban J connectivity index is 1.39. The van der Waals surface area contributed by atoms with Crippen LogP contribution in [0.4, 0.5) is 11.5 Å². The molecule has 1 aliphatic carbocycles. The van der Waals surface area contributed by atoms with Crippen LogP contribution in [0.25, 0.3) is 22.4 Å². The maximum absolute atomic E-state index is 12.8. The monoisotopic (exact) mass is 532 g/mol. The molecule has 0 bridgehead atoms. The molecule has 35 heavy (non-hydrogen) atoms. The Hall–Kier alpha value is -2.92. The van der Waals surface area contributed by atoms with Crippen molar-refractivity contribution in [3.63, 3.8) is 0 Å². The minimum Gasteiger partial charge on any atom is -0.393 e. The van der Waals surface area contributed by atoms with Crippen molar-refractivity contribution in [3.8, 4) is 11.4 Å². The molecule has 0 amide bonds. The largest absolute Gasteiger partial charge is 0.393 e. The number of aliphatic hydroxyl groups is 1. The number of rotatable bonds is 6. The Bertz CT molecular complexity index is 1470. The number of aromatic amines is 1. The van der Waals surface area contributed by atoms with Gasteiger partial charge in [0.05, 0.1) is 22.7 Å². The van der Waals surface area contributed by atoms with Gasteiger partial charge >= 0.3 is 0 Å². The Morgan fingerprint density at radius 1 is 1.00 bits per heavy atom. The second-order valence-electron chi connectivity index (χ2n) is 8.44. The summed E-state index contributed by atoms with van der Waals surface area (Å²) >= 11 is 12.0. The molecular weight excluding hydrogens is 511 g/mol. The molecule has 12 heteroatoms. The van der Waals surface area contributed by atoms with Gasteiger partial charge in [-0.2, -0.15) is 5.10 Å². The normalized spacial score (nSPS) is 18.5. The molecule has 1 saturated carbocycles. The Morgan fingerprint density at radius 3 is 2.49 bits per heavy atom. The first-order valence-electron chi connectivity index (χ1n) is 11.0. The van der Waals surface area contributed by atoms with E-state index in [1.54, 1.807) is 30.5 Å². The van der Waals surface area contributed by atoms with E-state index in [2.05, 4.69) is 25.2 Å². The Labute approximate surface area is 212 Å². The van der Waals surface area contributed by atoms with Gasteiger partial charge in [0.1, 0.15) is 10.7 Å². The van der Waals surface area contributed by atoms with Crippen LogP contribution in [0.1, 0.15) is 25.7 Å². The van der Waals surface area contributed by atoms with Crippen LogP contribution in [0.15, 0.2) is 53.6 Å². The van der Waals surface area contributed by atoms with E-state index in [1.807, 2.05) is 0 Å². The molecule has 9 nitrogen and oxygen atoms in total. The predicted octanol–water partition coefficient (Wildman–Crippen LogP) is 4.84. The summed E-state index contributed by atoms with van der Waals surface area (Å²) in [7, 11) is -3.93. The SMILES string of the molecule is O=S(=O)(Nc1ccc(-c2nc(NC3CCC(O)CC3)c3cn[nH]c3n2)cc1)c1cc(Cl)ccc1Cl. The van der Waals surface area contributed by atoms with Crippen LogP contribution in [-0.2, 0) is 10.0 Å². The molecule has 0 radical (unpaired) electrons. The van der Waals surface area contributed by atoms with Crippen molar-refractivity contribution in [1.82, 2.24) is 20.2 Å². The van der Waals surface area contributed by atoms with Gasteiger partial charge in [-0.15, -0.1) is 0 Å². The average molecular weight is 533 g/mol. The fourth-order valence-corrected chi connectivity index (χ4v) is 5.89. The lowest BCUT2D eigenvalue weighted by atomic mass is 9.93. The van der Waals surface area contributed by atoms with Crippen molar-refractivity contribution >= 4 is 55.8 Å². The molecule has 2 aromatic carbocycles. The van der Waals surface area contributed by atoms with Crippen LogP contribution in [0.5, 0.6) is 0 Å². The number of hydrogen-bond donors (Lipinski definition) is 4. The number of H-pyrrole nitrogens is 1. The van der Waals surface area contributed by atoms with Gasteiger partial charge in [-0.25, -0.2) is 18.4 Å². The van der Waals surface area contributed by atoms with E-state index in [0.717, 1.165) is 31.1 Å². The zero-order valence-corrected chi connectivity index (χ0v) is 20.7. The van der Waals surface area contributed by atoms with E-state index in [4.69, 9.17) is 28.2 Å². The van der Waals surface area contributed by atoms with Gasteiger partial charge in [-0.05, 0) is 68.1 Å². The van der Waals surface area contributed by atoms with Crippen LogP contribution >= 0.6 is 23.2 Å². The van der Waals surface area contributed by atoms with E-state index >= 15 is 0 Å². The lowest BCUT2D eigenvalue weighted by molar-refractivity contribution is 0.126. The smallest absolute Gasteiger partial charge is 0.263 e. The highest BCUT2D eigenvalue weighted by Crippen LogP contribution is 2.30. The fourth-order valence-electron chi connectivity index (χ4n) is 4.07. The number of nitrogens with one attached hydrogen (secondary N) is 3. The molecule has 5 rings (SSSR count). The minimum absolute atomic E-state index is 0.0762. The van der Waals surface area contributed by atoms with Crippen molar-refractivity contribution in [2.24, 2.45) is 0 Å². The third-order valence-electron chi connectivity index (χ3n) is 5.93. The number of sulfonamides is 1. The van der Waals surface area contributed by atoms with Crippen LogP contribution in [-0.4, -0.2) is 45.8 Å². The first-order valence-corrected chi connectivity index (χ1v) is 13.3. The van der Waals surface area contributed by atoms with Crippen molar-refractivity contribution in [2.45, 2.75) is 42.7 Å². The molecule has 2 heterocycles. The standard InChI is InChI=1S/C23H22Cl2N6O3S/c24-14-3-10-19(25)20(11-14)35(33,34)31-16-4-1-13(2-5-16)21-28-22(18-12-26-30-23(18)29-21)27-15-6-8-17(32)9-7-15/h1-5,10-12,15,17,31-32H,6-9H2,(H2,26,27,28,29,30). The fraction of sp³-hybridized carbons (Fsp3) is 0.261. The second-order valence-corrected chi connectivity index (χ2v) is 10.9. The van der Waals surface area contributed by atoms with E-state index in [-0.39, 0.29) is 27.1 Å². The van der Waals surface area contributed by atoms with E-state index < -0.39 is 10.0 Å². The van der Waals surface area contributed by atoms with Gasteiger partial charge in [0, 0.05) is 22.3 Å². The van der Waals surface area contributed by atoms with Crippen molar-refractivity contribution in [1.29, 1.82) is 0 Å². The van der Waals surface area contributed by atoms with Crippen molar-refractivity contribution in [2.75, 3.05) is 10.0 Å². The lowest BCUT2D eigenvalue weighted by Gasteiger charge is -2.26. The number of fused-ring (bicyclic) bond motifs is 1. The highest BCUT2D eigenvalue weighted by atomic mass is 35.5. The first kappa shape index (κ1) is 23.8. The van der Waals surface area contributed by atoms with Crippen molar-refractivity contribution in [3.05, 3.63) is 58.7 Å². The van der Waals surface area contributed by atoms with Gasteiger partial charge in [-0.1, -0.05) is 23.2 Å². The van der Waals surface area contributed by atoms with Gasteiger partial charge in [0.25, 0.3) is 10.0 Å². The van der Waals surface area contributed by atoms with Crippen LogP contribution < -0.4 is 10.0 Å². The highest BCUT2D eigenvalue weighted by molar-refractivity contribution is 7.92. The summed E-state index contributed by atoms with van der Waals surface area (Å²) in [5.41, 5.74) is 1.65. The summed E-state index contributed by atoms with van der Waals surface area (Å²) in [6, 6.07) is 11.2.